The first-order valence-corrected chi connectivity index (χ1v) is 7.51. The minimum Gasteiger partial charge on any atom is -0.409 e. The molecule has 7 nitrogen and oxygen atoms in total. The van der Waals surface area contributed by atoms with Gasteiger partial charge in [0.15, 0.2) is 0 Å². The van der Waals surface area contributed by atoms with Gasteiger partial charge in [0.05, 0.1) is 13.2 Å². The Hall–Kier alpha value is -1.34. The Morgan fingerprint density at radius 2 is 2.05 bits per heavy atom. The number of amidine groups is 1. The molecule has 4 N–H and O–H groups in total. The van der Waals surface area contributed by atoms with Gasteiger partial charge in [-0.3, -0.25) is 4.79 Å². The van der Waals surface area contributed by atoms with Crippen LogP contribution in [-0.2, 0) is 9.53 Å². The maximum absolute atomic E-state index is 11.9. The summed E-state index contributed by atoms with van der Waals surface area (Å²) in [7, 11) is 0. The number of carbonyl (C=O) groups excluding carboxylic acids is 1. The normalized spacial score (nSPS) is 17.0. The van der Waals surface area contributed by atoms with Crippen molar-refractivity contribution in [2.24, 2.45) is 16.3 Å². The lowest BCUT2D eigenvalue weighted by molar-refractivity contribution is -0.135. The van der Waals surface area contributed by atoms with E-state index in [-0.39, 0.29) is 17.2 Å². The number of amides is 1. The summed E-state index contributed by atoms with van der Waals surface area (Å²) < 4.78 is 5.22. The summed E-state index contributed by atoms with van der Waals surface area (Å²) in [5.74, 6) is 0.438. The third-order valence-corrected chi connectivity index (χ3v) is 3.84. The fourth-order valence-electron chi connectivity index (χ4n) is 2.21. The van der Waals surface area contributed by atoms with Crippen molar-refractivity contribution in [2.75, 3.05) is 39.4 Å². The van der Waals surface area contributed by atoms with E-state index in [0.717, 1.165) is 19.4 Å². The van der Waals surface area contributed by atoms with Crippen molar-refractivity contribution < 1.29 is 14.7 Å². The van der Waals surface area contributed by atoms with Gasteiger partial charge in [-0.15, -0.1) is 0 Å². The molecule has 21 heavy (non-hydrogen) atoms. The Morgan fingerprint density at radius 1 is 1.38 bits per heavy atom. The molecule has 1 heterocycles. The van der Waals surface area contributed by atoms with Crippen molar-refractivity contribution in [2.45, 2.75) is 33.1 Å². The predicted octanol–water partition coefficient (Wildman–Crippen LogP) is 0.378. The number of nitrogens with one attached hydrogen (secondary N) is 1. The highest BCUT2D eigenvalue weighted by molar-refractivity contribution is 5.85. The molecule has 0 atom stereocenters. The number of carbonyl (C=O) groups is 1. The number of nitrogens with zero attached hydrogens (tertiary/aromatic N) is 2. The molecule has 0 saturated carbocycles. The van der Waals surface area contributed by atoms with Gasteiger partial charge in [0.2, 0.25) is 5.91 Å². The quantitative estimate of drug-likeness (QED) is 0.198. The first-order chi connectivity index (χ1) is 9.97. The van der Waals surface area contributed by atoms with Crippen molar-refractivity contribution in [1.82, 2.24) is 10.2 Å². The second kappa shape index (κ2) is 8.84. The zero-order valence-electron chi connectivity index (χ0n) is 13.1. The van der Waals surface area contributed by atoms with E-state index in [1.54, 1.807) is 0 Å². The summed E-state index contributed by atoms with van der Waals surface area (Å²) >= 11 is 0. The molecule has 1 saturated heterocycles. The Balaban J connectivity index is 2.08. The summed E-state index contributed by atoms with van der Waals surface area (Å²) in [6, 6.07) is 0. The molecule has 122 valence electrons. The molecule has 0 aromatic rings. The van der Waals surface area contributed by atoms with Gasteiger partial charge in [-0.25, -0.2) is 0 Å². The molecular formula is C14H28N4O3. The molecule has 1 fully saturated rings. The lowest BCUT2D eigenvalue weighted by Crippen LogP contribution is -2.41. The number of rotatable bonds is 8. The van der Waals surface area contributed by atoms with Crippen LogP contribution in [0, 0.1) is 5.41 Å². The monoisotopic (exact) mass is 300 g/mol. The van der Waals surface area contributed by atoms with Crippen LogP contribution in [0.4, 0.5) is 0 Å². The van der Waals surface area contributed by atoms with E-state index in [1.807, 2.05) is 18.7 Å². The highest BCUT2D eigenvalue weighted by Gasteiger charge is 2.22. The zero-order chi connectivity index (χ0) is 15.7. The topological polar surface area (TPSA) is 100 Å². The van der Waals surface area contributed by atoms with Gasteiger partial charge in [-0.1, -0.05) is 19.0 Å². The van der Waals surface area contributed by atoms with Crippen LogP contribution in [0.1, 0.15) is 33.1 Å². The number of nitrogens with two attached hydrogens (primary N) is 1. The predicted molar refractivity (Wildman–Crippen MR) is 81.3 cm³/mol. The fourth-order valence-corrected chi connectivity index (χ4v) is 2.21. The van der Waals surface area contributed by atoms with Gasteiger partial charge >= 0.3 is 0 Å². The van der Waals surface area contributed by atoms with Gasteiger partial charge in [-0.05, 0) is 19.4 Å². The summed E-state index contributed by atoms with van der Waals surface area (Å²) in [4.78, 5) is 13.7. The van der Waals surface area contributed by atoms with Crippen molar-refractivity contribution in [3.8, 4) is 0 Å². The zero-order valence-corrected chi connectivity index (χ0v) is 13.1. The molecule has 0 radical (unpaired) electrons. The molecule has 0 spiro atoms. The summed E-state index contributed by atoms with van der Waals surface area (Å²) in [5.41, 5.74) is 5.33. The van der Waals surface area contributed by atoms with E-state index in [9.17, 15) is 4.79 Å². The van der Waals surface area contributed by atoms with Gasteiger partial charge in [0, 0.05) is 31.5 Å². The van der Waals surface area contributed by atoms with E-state index < -0.39 is 0 Å². The smallest absolute Gasteiger partial charge is 0.224 e. The van der Waals surface area contributed by atoms with Crippen LogP contribution in [0.15, 0.2) is 5.16 Å². The van der Waals surface area contributed by atoms with Crippen LogP contribution in [0.3, 0.4) is 0 Å². The van der Waals surface area contributed by atoms with Crippen LogP contribution in [0.2, 0.25) is 0 Å². The largest absolute Gasteiger partial charge is 0.409 e. The average Bonchev–Trinajstić information content (AvgIpc) is 2.50. The van der Waals surface area contributed by atoms with Crippen molar-refractivity contribution >= 4 is 11.7 Å². The van der Waals surface area contributed by atoms with E-state index in [4.69, 9.17) is 15.7 Å². The summed E-state index contributed by atoms with van der Waals surface area (Å²) in [6.07, 6.45) is 2.26. The standard InChI is InChI=1S/C14H28N4O3/c1-14(2,13(15)17-20)5-3-6-16-7-4-12(19)18-8-10-21-11-9-18/h16,20H,3-11H2,1-2H3,(H2,15,17). The third-order valence-electron chi connectivity index (χ3n) is 3.84. The average molecular weight is 300 g/mol. The molecule has 0 aliphatic carbocycles. The summed E-state index contributed by atoms with van der Waals surface area (Å²) in [5, 5.41) is 15.0. The minimum absolute atomic E-state index is 0.183. The second-order valence-corrected chi connectivity index (χ2v) is 5.97. The summed E-state index contributed by atoms with van der Waals surface area (Å²) in [6.45, 7) is 8.08. The molecule has 1 aliphatic heterocycles. The molecule has 0 unspecified atom stereocenters. The minimum atomic E-state index is -0.306. The van der Waals surface area contributed by atoms with E-state index in [2.05, 4.69) is 10.5 Å². The molecule has 1 rings (SSSR count). The van der Waals surface area contributed by atoms with Crippen molar-refractivity contribution in [3.63, 3.8) is 0 Å². The Labute approximate surface area is 126 Å². The lowest BCUT2D eigenvalue weighted by Gasteiger charge is -2.27. The molecule has 1 amide bonds. The van der Waals surface area contributed by atoms with Crippen LogP contribution in [0.5, 0.6) is 0 Å². The van der Waals surface area contributed by atoms with Gasteiger partial charge in [0.25, 0.3) is 0 Å². The van der Waals surface area contributed by atoms with Crippen LogP contribution < -0.4 is 11.1 Å². The van der Waals surface area contributed by atoms with Crippen molar-refractivity contribution in [3.05, 3.63) is 0 Å². The molecule has 0 bridgehead atoms. The van der Waals surface area contributed by atoms with Crippen LogP contribution >= 0.6 is 0 Å². The van der Waals surface area contributed by atoms with Gasteiger partial charge < -0.3 is 25.9 Å². The molecular weight excluding hydrogens is 272 g/mol. The van der Waals surface area contributed by atoms with Gasteiger partial charge in [0.1, 0.15) is 5.84 Å². The number of hydrogen-bond acceptors (Lipinski definition) is 5. The lowest BCUT2D eigenvalue weighted by atomic mass is 9.86. The van der Waals surface area contributed by atoms with Crippen LogP contribution in [-0.4, -0.2) is 61.2 Å². The Morgan fingerprint density at radius 3 is 2.67 bits per heavy atom. The number of oxime groups is 1. The third kappa shape index (κ3) is 6.31. The first-order valence-electron chi connectivity index (χ1n) is 7.51. The van der Waals surface area contributed by atoms with E-state index in [0.29, 0.717) is 39.3 Å². The molecule has 0 aromatic carbocycles. The number of morpholine rings is 1. The molecule has 1 aliphatic rings. The maximum Gasteiger partial charge on any atom is 0.224 e. The highest BCUT2D eigenvalue weighted by Crippen LogP contribution is 2.21. The molecule has 0 aromatic heterocycles. The first kappa shape index (κ1) is 17.7. The van der Waals surface area contributed by atoms with Gasteiger partial charge in [-0.2, -0.15) is 0 Å². The second-order valence-electron chi connectivity index (χ2n) is 5.97. The maximum atomic E-state index is 11.9. The van der Waals surface area contributed by atoms with Crippen molar-refractivity contribution in [1.29, 1.82) is 0 Å². The van der Waals surface area contributed by atoms with Crippen LogP contribution in [0.25, 0.3) is 0 Å². The Bertz CT molecular complexity index is 352. The van der Waals surface area contributed by atoms with E-state index >= 15 is 0 Å². The fraction of sp³-hybridized carbons (Fsp3) is 0.857. The van der Waals surface area contributed by atoms with E-state index in [1.165, 1.54) is 0 Å². The number of ether oxygens (including phenoxy) is 1. The highest BCUT2D eigenvalue weighted by atomic mass is 16.5. The SMILES string of the molecule is CC(C)(CCCNCCC(=O)N1CCOCC1)C(N)=NO. The Kier molecular flexibility index (Phi) is 7.45. The number of hydrogen-bond donors (Lipinski definition) is 3. The molecule has 7 heteroatoms.